The molecule has 1 N–H and O–H groups in total. The molecule has 2 atom stereocenters. The molecule has 0 saturated heterocycles. The van der Waals surface area contributed by atoms with Crippen LogP contribution in [0.3, 0.4) is 0 Å². The van der Waals surface area contributed by atoms with Crippen LogP contribution in [0.15, 0.2) is 78.9 Å². The number of aromatic amines is 1. The Hall–Kier alpha value is -3.91. The van der Waals surface area contributed by atoms with Crippen molar-refractivity contribution in [2.45, 2.75) is 42.7 Å². The Morgan fingerprint density at radius 1 is 0.951 bits per heavy atom. The van der Waals surface area contributed by atoms with E-state index >= 15 is 8.78 Å². The van der Waals surface area contributed by atoms with Gasteiger partial charge in [0.2, 0.25) is 5.91 Å². The van der Waals surface area contributed by atoms with Crippen molar-refractivity contribution in [3.8, 4) is 0 Å². The fourth-order valence-corrected chi connectivity index (χ4v) is 6.98. The molecule has 4 nitrogen and oxygen atoms in total. The van der Waals surface area contributed by atoms with E-state index in [4.69, 9.17) is 0 Å². The standard InChI is InChI=1S/C33H31F4N3O/c1-39(2)31(23-9-6-10-24(34)19-23)16-17-32(33(36,37)21-31)30-26(27-20-25(35)12-13-28(27)38-30)15-18-40(32)29(41)14-11-22-7-4-3-5-8-22/h3-14,19-20,38H,15-18,21H2,1-2H3. The number of halogens is 4. The molecule has 0 bridgehead atoms. The first kappa shape index (κ1) is 27.3. The molecule has 1 fully saturated rings. The first-order chi connectivity index (χ1) is 19.6. The Morgan fingerprint density at radius 3 is 2.41 bits per heavy atom. The predicted octanol–water partition coefficient (Wildman–Crippen LogP) is 7.02. The molecule has 3 aromatic carbocycles. The fraction of sp³-hybridized carbons (Fsp3) is 0.303. The van der Waals surface area contributed by atoms with Crippen molar-refractivity contribution < 1.29 is 22.4 Å². The molecule has 41 heavy (non-hydrogen) atoms. The Bertz CT molecular complexity index is 1650. The van der Waals surface area contributed by atoms with Gasteiger partial charge in [0.1, 0.15) is 17.2 Å². The van der Waals surface area contributed by atoms with Crippen LogP contribution < -0.4 is 0 Å². The third-order valence-electron chi connectivity index (χ3n) is 9.05. The zero-order valence-corrected chi connectivity index (χ0v) is 22.9. The molecule has 1 aliphatic heterocycles. The van der Waals surface area contributed by atoms with Crippen molar-refractivity contribution in [1.82, 2.24) is 14.8 Å². The number of aromatic nitrogens is 1. The van der Waals surface area contributed by atoms with Gasteiger partial charge < -0.3 is 9.88 Å². The van der Waals surface area contributed by atoms with Crippen LogP contribution in [0.4, 0.5) is 17.6 Å². The first-order valence-corrected chi connectivity index (χ1v) is 13.7. The maximum Gasteiger partial charge on any atom is 0.278 e. The highest BCUT2D eigenvalue weighted by molar-refractivity contribution is 5.94. The Labute approximate surface area is 236 Å². The number of carbonyl (C=O) groups is 1. The van der Waals surface area contributed by atoms with Crippen molar-refractivity contribution in [2.75, 3.05) is 20.6 Å². The van der Waals surface area contributed by atoms with E-state index in [0.717, 1.165) is 5.56 Å². The first-order valence-electron chi connectivity index (χ1n) is 13.7. The quantitative estimate of drug-likeness (QED) is 0.215. The van der Waals surface area contributed by atoms with Crippen molar-refractivity contribution in [2.24, 2.45) is 0 Å². The van der Waals surface area contributed by atoms with Crippen LogP contribution in [0.25, 0.3) is 17.0 Å². The largest absolute Gasteiger partial charge is 0.356 e. The van der Waals surface area contributed by atoms with Crippen LogP contribution in [0.2, 0.25) is 0 Å². The molecule has 4 aromatic rings. The van der Waals surface area contributed by atoms with Gasteiger partial charge in [-0.1, -0.05) is 42.5 Å². The van der Waals surface area contributed by atoms with E-state index in [2.05, 4.69) is 4.98 Å². The molecular weight excluding hydrogens is 530 g/mol. The number of H-pyrrole nitrogens is 1. The van der Waals surface area contributed by atoms with E-state index in [1.165, 1.54) is 41.3 Å². The fourth-order valence-electron chi connectivity index (χ4n) is 6.98. The van der Waals surface area contributed by atoms with Gasteiger partial charge in [-0.15, -0.1) is 0 Å². The molecule has 1 amide bonds. The number of hydrogen-bond donors (Lipinski definition) is 1. The minimum atomic E-state index is -3.44. The van der Waals surface area contributed by atoms with E-state index in [-0.39, 0.29) is 25.1 Å². The summed E-state index contributed by atoms with van der Waals surface area (Å²) in [5.74, 6) is -4.90. The highest BCUT2D eigenvalue weighted by Crippen LogP contribution is 2.60. The van der Waals surface area contributed by atoms with E-state index in [1.54, 1.807) is 37.2 Å². The average molecular weight is 562 g/mol. The van der Waals surface area contributed by atoms with Crippen LogP contribution in [0.5, 0.6) is 0 Å². The molecule has 2 aliphatic rings. The molecule has 2 unspecified atom stereocenters. The molecule has 1 saturated carbocycles. The minimum Gasteiger partial charge on any atom is -0.356 e. The predicted molar refractivity (Wildman–Crippen MR) is 151 cm³/mol. The van der Waals surface area contributed by atoms with Crippen LogP contribution >= 0.6 is 0 Å². The van der Waals surface area contributed by atoms with Gasteiger partial charge in [0.25, 0.3) is 5.92 Å². The lowest BCUT2D eigenvalue weighted by Gasteiger charge is -2.58. The number of hydrogen-bond acceptors (Lipinski definition) is 2. The molecular formula is C33H31F4N3O. The summed E-state index contributed by atoms with van der Waals surface area (Å²) in [6.45, 7) is 0.0545. The molecule has 2 heterocycles. The Morgan fingerprint density at radius 2 is 1.71 bits per heavy atom. The van der Waals surface area contributed by atoms with Gasteiger partial charge >= 0.3 is 0 Å². The summed E-state index contributed by atoms with van der Waals surface area (Å²) < 4.78 is 63.0. The third-order valence-corrected chi connectivity index (χ3v) is 9.05. The number of amides is 1. The lowest BCUT2D eigenvalue weighted by molar-refractivity contribution is -0.211. The highest BCUT2D eigenvalue weighted by atomic mass is 19.3. The zero-order chi connectivity index (χ0) is 29.0. The zero-order valence-electron chi connectivity index (χ0n) is 22.9. The van der Waals surface area contributed by atoms with Crippen LogP contribution in [-0.4, -0.2) is 47.3 Å². The topological polar surface area (TPSA) is 39.3 Å². The maximum atomic E-state index is 17.2. The smallest absolute Gasteiger partial charge is 0.278 e. The summed E-state index contributed by atoms with van der Waals surface area (Å²) in [5, 5.41) is 0.552. The second-order valence-corrected chi connectivity index (χ2v) is 11.3. The SMILES string of the molecule is CN(C)C1(c2cccc(F)c2)CCC2(c3[nH]c4ccc(F)cc4c3CCN2C(=O)C=Cc2ccccc2)C(F)(F)C1. The molecule has 6 rings (SSSR count). The van der Waals surface area contributed by atoms with Gasteiger partial charge in [-0.05, 0) is 86.5 Å². The van der Waals surface area contributed by atoms with Crippen LogP contribution in [-0.2, 0) is 22.3 Å². The monoisotopic (exact) mass is 561 g/mol. The minimum absolute atomic E-state index is 0.0545. The number of carbonyl (C=O) groups excluding carboxylic acids is 1. The maximum absolute atomic E-state index is 17.2. The van der Waals surface area contributed by atoms with Crippen molar-refractivity contribution in [3.63, 3.8) is 0 Å². The third kappa shape index (κ3) is 4.27. The van der Waals surface area contributed by atoms with E-state index in [0.29, 0.717) is 28.5 Å². The molecule has 1 spiro atoms. The summed E-state index contributed by atoms with van der Waals surface area (Å²) >= 11 is 0. The van der Waals surface area contributed by atoms with Gasteiger partial charge in [-0.25, -0.2) is 17.6 Å². The molecule has 0 radical (unpaired) electrons. The summed E-state index contributed by atoms with van der Waals surface area (Å²) in [4.78, 5) is 20.0. The number of fused-ring (bicyclic) bond motifs is 4. The van der Waals surface area contributed by atoms with Crippen molar-refractivity contribution in [1.29, 1.82) is 0 Å². The lowest BCUT2D eigenvalue weighted by atomic mass is 9.63. The second kappa shape index (κ2) is 9.87. The molecule has 212 valence electrons. The molecule has 1 aromatic heterocycles. The molecule has 8 heteroatoms. The van der Waals surface area contributed by atoms with Crippen molar-refractivity contribution >= 4 is 22.9 Å². The molecule has 1 aliphatic carbocycles. The van der Waals surface area contributed by atoms with Gasteiger partial charge in [-0.3, -0.25) is 9.69 Å². The van der Waals surface area contributed by atoms with Crippen molar-refractivity contribution in [3.05, 3.63) is 113 Å². The second-order valence-electron chi connectivity index (χ2n) is 11.3. The number of nitrogens with zero attached hydrogens (tertiary/aromatic N) is 2. The van der Waals surface area contributed by atoms with E-state index in [1.807, 2.05) is 30.3 Å². The Balaban J connectivity index is 1.51. The van der Waals surface area contributed by atoms with E-state index < -0.39 is 41.0 Å². The lowest BCUT2D eigenvalue weighted by Crippen LogP contribution is -2.67. The number of benzene rings is 3. The van der Waals surface area contributed by atoms with Crippen LogP contribution in [0, 0.1) is 11.6 Å². The average Bonchev–Trinajstić information content (AvgIpc) is 3.32. The summed E-state index contributed by atoms with van der Waals surface area (Å²) in [7, 11) is 3.45. The van der Waals surface area contributed by atoms with Gasteiger partial charge in [0, 0.05) is 29.9 Å². The normalized spacial score (nSPS) is 23.9. The van der Waals surface area contributed by atoms with Gasteiger partial charge in [-0.2, -0.15) is 0 Å². The van der Waals surface area contributed by atoms with E-state index in [9.17, 15) is 13.6 Å². The number of alkyl halides is 2. The summed E-state index contributed by atoms with van der Waals surface area (Å²) in [6, 6.07) is 19.2. The Kier molecular flexibility index (Phi) is 6.57. The van der Waals surface area contributed by atoms with Gasteiger partial charge in [0.05, 0.1) is 11.2 Å². The number of rotatable bonds is 4. The number of nitrogens with one attached hydrogen (secondary N) is 1. The summed E-state index contributed by atoms with van der Waals surface area (Å²) in [6.07, 6.45) is 2.82. The van der Waals surface area contributed by atoms with Gasteiger partial charge in [0.15, 0.2) is 0 Å². The highest BCUT2D eigenvalue weighted by Gasteiger charge is 2.68. The summed E-state index contributed by atoms with van der Waals surface area (Å²) in [5.41, 5.74) is -0.506. The van der Waals surface area contributed by atoms with Crippen LogP contribution in [0.1, 0.15) is 41.6 Å².